The Bertz CT molecular complexity index is 602. The van der Waals surface area contributed by atoms with Gasteiger partial charge >= 0.3 is 0 Å². The van der Waals surface area contributed by atoms with Crippen LogP contribution in [0.15, 0.2) is 17.3 Å². The van der Waals surface area contributed by atoms with Crippen molar-refractivity contribution in [3.05, 3.63) is 22.2 Å². The van der Waals surface area contributed by atoms with Crippen LogP contribution in [0.2, 0.25) is 0 Å². The Hall–Kier alpha value is -1.34. The molecule has 1 atom stereocenters. The topological polar surface area (TPSA) is 48.8 Å². The van der Waals surface area contributed by atoms with E-state index in [4.69, 9.17) is 0 Å². The lowest BCUT2D eigenvalue weighted by Crippen LogP contribution is -2.49. The highest BCUT2D eigenvalue weighted by Crippen LogP contribution is 2.23. The molecular weight excluding hydrogens is 316 g/mol. The minimum absolute atomic E-state index is 0.0834. The van der Waals surface area contributed by atoms with Gasteiger partial charge in [0.2, 0.25) is 5.91 Å². The van der Waals surface area contributed by atoms with Crippen LogP contribution in [-0.4, -0.2) is 63.8 Å². The Morgan fingerprint density at radius 3 is 2.73 bits per heavy atom. The molecule has 5 nitrogen and oxygen atoms in total. The van der Waals surface area contributed by atoms with Gasteiger partial charge in [-0.2, -0.15) is 0 Å². The summed E-state index contributed by atoms with van der Waals surface area (Å²) in [7, 11) is 0. The van der Waals surface area contributed by atoms with Crippen molar-refractivity contribution < 1.29 is 4.79 Å². The molecule has 2 aliphatic heterocycles. The smallest absolute Gasteiger partial charge is 0.246 e. The Balaban J connectivity index is 1.50. The highest BCUT2D eigenvalue weighted by Gasteiger charge is 2.25. The van der Waals surface area contributed by atoms with Crippen LogP contribution >= 0.6 is 23.1 Å². The fourth-order valence-electron chi connectivity index (χ4n) is 2.47. The third kappa shape index (κ3) is 3.70. The molecule has 1 fully saturated rings. The first-order valence-electron chi connectivity index (χ1n) is 7.47. The molecule has 0 N–H and O–H groups in total. The van der Waals surface area contributed by atoms with Gasteiger partial charge < -0.3 is 9.80 Å². The molecule has 0 spiro atoms. The molecule has 1 aromatic heterocycles. The molecule has 3 heterocycles. The summed E-state index contributed by atoms with van der Waals surface area (Å²) in [5.41, 5.74) is 0. The lowest BCUT2D eigenvalue weighted by atomic mass is 10.3. The maximum absolute atomic E-state index is 12.2. The zero-order valence-corrected chi connectivity index (χ0v) is 14.5. The highest BCUT2D eigenvalue weighted by atomic mass is 32.2. The first-order valence-corrected chi connectivity index (χ1v) is 9.17. The van der Waals surface area contributed by atoms with E-state index in [2.05, 4.69) is 21.8 Å². The molecule has 1 saturated heterocycles. The van der Waals surface area contributed by atoms with E-state index in [0.29, 0.717) is 5.25 Å². The minimum Gasteiger partial charge on any atom is -0.348 e. The molecule has 0 aliphatic carbocycles. The average molecular weight is 336 g/mol. The Morgan fingerprint density at radius 2 is 2.14 bits per heavy atom. The molecule has 22 heavy (non-hydrogen) atoms. The first kappa shape index (κ1) is 15.6. The summed E-state index contributed by atoms with van der Waals surface area (Å²) in [4.78, 5) is 26.2. The number of thioether (sulfide) groups is 1. The van der Waals surface area contributed by atoms with E-state index in [0.717, 1.165) is 47.8 Å². The molecule has 1 amide bonds. The van der Waals surface area contributed by atoms with Crippen LogP contribution < -0.4 is 0 Å². The van der Waals surface area contributed by atoms with Crippen LogP contribution in [0.3, 0.4) is 0 Å². The largest absolute Gasteiger partial charge is 0.348 e. The molecule has 0 radical (unpaired) electrons. The number of aromatic nitrogens is 1. The standard InChI is InChI=1S/C15H20N4OS2/c1-11-9-17-15(21-11)19-7-5-18(6-8-19)14(20)4-3-13-10-16-12(2)22-13/h3-4,10-11H,5-9H2,1-2H3/b4-3+. The molecule has 0 saturated carbocycles. The normalized spacial score (nSPS) is 22.5. The number of amidine groups is 1. The van der Waals surface area contributed by atoms with E-state index in [9.17, 15) is 4.79 Å². The van der Waals surface area contributed by atoms with Gasteiger partial charge in [-0.15, -0.1) is 11.3 Å². The zero-order chi connectivity index (χ0) is 15.5. The van der Waals surface area contributed by atoms with Gasteiger partial charge in [0, 0.05) is 48.6 Å². The number of rotatable bonds is 2. The molecular formula is C15H20N4OS2. The number of amides is 1. The first-order chi connectivity index (χ1) is 10.6. The third-order valence-electron chi connectivity index (χ3n) is 3.68. The second kappa shape index (κ2) is 6.83. The summed E-state index contributed by atoms with van der Waals surface area (Å²) in [5.74, 6) is 0.0834. The third-order valence-corrected chi connectivity index (χ3v) is 5.71. The molecule has 2 aliphatic rings. The Morgan fingerprint density at radius 1 is 1.36 bits per heavy atom. The number of carbonyl (C=O) groups is 1. The van der Waals surface area contributed by atoms with Crippen LogP contribution in [0.4, 0.5) is 0 Å². The Labute approximate surface area is 139 Å². The van der Waals surface area contributed by atoms with E-state index in [-0.39, 0.29) is 5.91 Å². The minimum atomic E-state index is 0.0834. The van der Waals surface area contributed by atoms with Crippen molar-refractivity contribution in [2.75, 3.05) is 32.7 Å². The predicted octanol–water partition coefficient (Wildman–Crippen LogP) is 2.10. The van der Waals surface area contributed by atoms with Crippen molar-refractivity contribution in [1.82, 2.24) is 14.8 Å². The molecule has 0 aromatic carbocycles. The highest BCUT2D eigenvalue weighted by molar-refractivity contribution is 8.14. The van der Waals surface area contributed by atoms with Gasteiger partial charge in [-0.05, 0) is 13.0 Å². The number of hydrogen-bond acceptors (Lipinski definition) is 6. The molecule has 0 bridgehead atoms. The van der Waals surface area contributed by atoms with E-state index < -0.39 is 0 Å². The van der Waals surface area contributed by atoms with Gasteiger partial charge in [-0.25, -0.2) is 4.98 Å². The fraction of sp³-hybridized carbons (Fsp3) is 0.533. The lowest BCUT2D eigenvalue weighted by molar-refractivity contribution is -0.127. The van der Waals surface area contributed by atoms with E-state index in [1.165, 1.54) is 0 Å². The van der Waals surface area contributed by atoms with Crippen molar-refractivity contribution >= 4 is 40.2 Å². The van der Waals surface area contributed by atoms with E-state index >= 15 is 0 Å². The summed E-state index contributed by atoms with van der Waals surface area (Å²) in [6.45, 7) is 8.35. The van der Waals surface area contributed by atoms with Gasteiger partial charge in [-0.1, -0.05) is 18.7 Å². The Kier molecular flexibility index (Phi) is 4.83. The van der Waals surface area contributed by atoms with Crippen molar-refractivity contribution in [2.24, 2.45) is 4.99 Å². The number of nitrogens with zero attached hydrogens (tertiary/aromatic N) is 4. The molecule has 7 heteroatoms. The number of thiazole rings is 1. The number of carbonyl (C=O) groups excluding carboxylic acids is 1. The van der Waals surface area contributed by atoms with Crippen molar-refractivity contribution in [1.29, 1.82) is 0 Å². The van der Waals surface area contributed by atoms with Gasteiger partial charge in [0.1, 0.15) is 0 Å². The van der Waals surface area contributed by atoms with Gasteiger partial charge in [-0.3, -0.25) is 9.79 Å². The summed E-state index contributed by atoms with van der Waals surface area (Å²) in [6.07, 6.45) is 5.32. The lowest BCUT2D eigenvalue weighted by Gasteiger charge is -2.35. The number of hydrogen-bond donors (Lipinski definition) is 0. The molecule has 3 rings (SSSR count). The summed E-state index contributed by atoms with van der Waals surface area (Å²) < 4.78 is 0. The zero-order valence-electron chi connectivity index (χ0n) is 12.9. The molecule has 1 aromatic rings. The second-order valence-electron chi connectivity index (χ2n) is 5.48. The fourth-order valence-corrected chi connectivity index (χ4v) is 4.15. The van der Waals surface area contributed by atoms with E-state index in [1.807, 2.05) is 29.7 Å². The average Bonchev–Trinajstić information content (AvgIpc) is 3.13. The van der Waals surface area contributed by atoms with Crippen LogP contribution in [0.5, 0.6) is 0 Å². The van der Waals surface area contributed by atoms with Crippen LogP contribution in [-0.2, 0) is 4.79 Å². The van der Waals surface area contributed by atoms with Crippen molar-refractivity contribution in [3.63, 3.8) is 0 Å². The van der Waals surface area contributed by atoms with Gasteiger partial charge in [0.25, 0.3) is 0 Å². The predicted molar refractivity (Wildman–Crippen MR) is 93.4 cm³/mol. The number of piperazine rings is 1. The van der Waals surface area contributed by atoms with Gasteiger partial charge in [0.05, 0.1) is 11.6 Å². The molecule has 118 valence electrons. The van der Waals surface area contributed by atoms with Crippen LogP contribution in [0.1, 0.15) is 16.8 Å². The maximum Gasteiger partial charge on any atom is 0.246 e. The summed E-state index contributed by atoms with van der Waals surface area (Å²) in [5, 5.41) is 2.75. The monoisotopic (exact) mass is 336 g/mol. The number of aliphatic imine (C=N–C) groups is 1. The van der Waals surface area contributed by atoms with Gasteiger partial charge in [0.15, 0.2) is 5.17 Å². The second-order valence-corrected chi connectivity index (χ2v) is 8.15. The molecule has 1 unspecified atom stereocenters. The summed E-state index contributed by atoms with van der Waals surface area (Å²) >= 11 is 3.44. The maximum atomic E-state index is 12.2. The quantitative estimate of drug-likeness (QED) is 0.776. The summed E-state index contributed by atoms with van der Waals surface area (Å²) in [6, 6.07) is 0. The van der Waals surface area contributed by atoms with Crippen LogP contribution in [0, 0.1) is 6.92 Å². The van der Waals surface area contributed by atoms with E-state index in [1.54, 1.807) is 23.6 Å². The SMILES string of the molecule is Cc1ncc(/C=C/C(=O)N2CCN(C3=NCC(C)S3)CC2)s1. The van der Waals surface area contributed by atoms with Crippen molar-refractivity contribution in [2.45, 2.75) is 19.1 Å². The van der Waals surface area contributed by atoms with Crippen molar-refractivity contribution in [3.8, 4) is 0 Å². The van der Waals surface area contributed by atoms with Crippen LogP contribution in [0.25, 0.3) is 6.08 Å². The number of aryl methyl sites for hydroxylation is 1.